The Morgan fingerprint density at radius 1 is 0.909 bits per heavy atom. The van der Waals surface area contributed by atoms with Gasteiger partial charge in [-0.15, -0.1) is 0 Å². The molecule has 3 heteroatoms. The van der Waals surface area contributed by atoms with Crippen LogP contribution < -0.4 is 0 Å². The van der Waals surface area contributed by atoms with Gasteiger partial charge in [0.15, 0.2) is 0 Å². The molecular weight excluding hydrogens is 272 g/mol. The molecule has 0 saturated heterocycles. The van der Waals surface area contributed by atoms with Crippen LogP contribution in [0.2, 0.25) is 0 Å². The first kappa shape index (κ1) is 12.8. The van der Waals surface area contributed by atoms with Crippen LogP contribution >= 0.6 is 0 Å². The number of hydrogen-bond donors (Lipinski definition) is 1. The number of aryl methyl sites for hydroxylation is 1. The normalized spacial score (nSPS) is 11.1. The van der Waals surface area contributed by atoms with Crippen LogP contribution in [0.5, 0.6) is 5.75 Å². The standard InChI is InChI=1S/C19H14N2O/c1-12-6-2-3-7-13(12)17-11-20-16-10-18(22)14-8-4-5-9-15(14)19(16)21-17/h2-11,22H,1H3. The Morgan fingerprint density at radius 2 is 1.64 bits per heavy atom. The molecule has 1 aromatic heterocycles. The Hall–Kier alpha value is -2.94. The molecule has 0 saturated carbocycles. The van der Waals surface area contributed by atoms with Crippen molar-refractivity contribution in [2.75, 3.05) is 0 Å². The van der Waals surface area contributed by atoms with Gasteiger partial charge in [-0.1, -0.05) is 48.5 Å². The fourth-order valence-corrected chi connectivity index (χ4v) is 2.81. The van der Waals surface area contributed by atoms with Crippen molar-refractivity contribution in [2.45, 2.75) is 6.92 Å². The minimum Gasteiger partial charge on any atom is -0.507 e. The second-order valence-electron chi connectivity index (χ2n) is 5.38. The second kappa shape index (κ2) is 4.81. The summed E-state index contributed by atoms with van der Waals surface area (Å²) in [5.41, 5.74) is 4.61. The van der Waals surface area contributed by atoms with Gasteiger partial charge in [-0.05, 0) is 12.5 Å². The third kappa shape index (κ3) is 1.91. The SMILES string of the molecule is Cc1ccccc1-c1cnc2cc(O)c3ccccc3c2n1. The number of hydrogen-bond acceptors (Lipinski definition) is 3. The third-order valence-corrected chi connectivity index (χ3v) is 3.95. The van der Waals surface area contributed by atoms with E-state index in [-0.39, 0.29) is 5.75 Å². The van der Waals surface area contributed by atoms with Gasteiger partial charge >= 0.3 is 0 Å². The average Bonchev–Trinajstić information content (AvgIpc) is 2.56. The molecule has 0 aliphatic rings. The van der Waals surface area contributed by atoms with E-state index < -0.39 is 0 Å². The highest BCUT2D eigenvalue weighted by Crippen LogP contribution is 2.32. The molecule has 4 aromatic rings. The molecule has 0 radical (unpaired) electrons. The van der Waals surface area contributed by atoms with Gasteiger partial charge in [0, 0.05) is 22.4 Å². The van der Waals surface area contributed by atoms with Gasteiger partial charge in [-0.2, -0.15) is 0 Å². The van der Waals surface area contributed by atoms with E-state index in [1.807, 2.05) is 42.5 Å². The summed E-state index contributed by atoms with van der Waals surface area (Å²) in [5, 5.41) is 11.8. The zero-order valence-corrected chi connectivity index (χ0v) is 12.1. The number of benzene rings is 3. The highest BCUT2D eigenvalue weighted by molar-refractivity contribution is 6.07. The van der Waals surface area contributed by atoms with Crippen molar-refractivity contribution >= 4 is 21.8 Å². The minimum atomic E-state index is 0.237. The summed E-state index contributed by atoms with van der Waals surface area (Å²) in [6.07, 6.45) is 1.76. The van der Waals surface area contributed by atoms with Crippen molar-refractivity contribution in [3.05, 3.63) is 66.4 Å². The summed E-state index contributed by atoms with van der Waals surface area (Å²) in [4.78, 5) is 9.29. The zero-order valence-electron chi connectivity index (χ0n) is 12.1. The lowest BCUT2D eigenvalue weighted by Crippen LogP contribution is -1.92. The molecule has 4 rings (SSSR count). The van der Waals surface area contributed by atoms with Crippen molar-refractivity contribution in [1.29, 1.82) is 0 Å². The molecule has 3 aromatic carbocycles. The Bertz CT molecular complexity index is 1010. The maximum Gasteiger partial charge on any atom is 0.125 e. The summed E-state index contributed by atoms with van der Waals surface area (Å²) in [5.74, 6) is 0.237. The average molecular weight is 286 g/mol. The van der Waals surface area contributed by atoms with Crippen LogP contribution in [0.4, 0.5) is 0 Å². The van der Waals surface area contributed by atoms with Crippen LogP contribution in [0.1, 0.15) is 5.56 Å². The number of fused-ring (bicyclic) bond motifs is 3. The van der Waals surface area contributed by atoms with Crippen molar-refractivity contribution in [2.24, 2.45) is 0 Å². The molecule has 0 amide bonds. The maximum absolute atomic E-state index is 10.1. The zero-order chi connectivity index (χ0) is 15.1. The molecule has 3 nitrogen and oxygen atoms in total. The summed E-state index contributed by atoms with van der Waals surface area (Å²) in [6, 6.07) is 17.5. The van der Waals surface area contributed by atoms with Gasteiger partial charge in [-0.25, -0.2) is 4.98 Å². The van der Waals surface area contributed by atoms with E-state index in [1.165, 1.54) is 5.56 Å². The first-order valence-corrected chi connectivity index (χ1v) is 7.17. The predicted molar refractivity (Wildman–Crippen MR) is 88.9 cm³/mol. The maximum atomic E-state index is 10.1. The van der Waals surface area contributed by atoms with Gasteiger partial charge in [0.2, 0.25) is 0 Å². The van der Waals surface area contributed by atoms with Crippen LogP contribution in [0.3, 0.4) is 0 Å². The summed E-state index contributed by atoms with van der Waals surface area (Å²) < 4.78 is 0. The molecule has 106 valence electrons. The molecule has 0 spiro atoms. The molecule has 0 aliphatic carbocycles. The highest BCUT2D eigenvalue weighted by Gasteiger charge is 2.10. The molecule has 1 heterocycles. The molecule has 0 aliphatic heterocycles. The van der Waals surface area contributed by atoms with E-state index in [0.717, 1.165) is 27.5 Å². The predicted octanol–water partition coefficient (Wildman–Crippen LogP) is 4.46. The first-order chi connectivity index (χ1) is 10.7. The summed E-state index contributed by atoms with van der Waals surface area (Å²) in [7, 11) is 0. The van der Waals surface area contributed by atoms with E-state index in [0.29, 0.717) is 5.52 Å². The van der Waals surface area contributed by atoms with E-state index in [1.54, 1.807) is 12.3 Å². The van der Waals surface area contributed by atoms with Gasteiger partial charge in [0.05, 0.1) is 22.9 Å². The molecule has 0 bridgehead atoms. The number of rotatable bonds is 1. The lowest BCUT2D eigenvalue weighted by atomic mass is 10.0. The number of phenolic OH excluding ortho intramolecular Hbond substituents is 1. The fourth-order valence-electron chi connectivity index (χ4n) is 2.81. The van der Waals surface area contributed by atoms with Crippen molar-refractivity contribution in [3.8, 4) is 17.0 Å². The van der Waals surface area contributed by atoms with Crippen LogP contribution in [0, 0.1) is 6.92 Å². The minimum absolute atomic E-state index is 0.237. The lowest BCUT2D eigenvalue weighted by molar-refractivity contribution is 0.482. The number of aromatic hydroxyl groups is 1. The molecule has 0 fully saturated rings. The molecule has 0 unspecified atom stereocenters. The van der Waals surface area contributed by atoms with Crippen molar-refractivity contribution in [1.82, 2.24) is 9.97 Å². The van der Waals surface area contributed by atoms with E-state index >= 15 is 0 Å². The molecular formula is C19H14N2O. The smallest absolute Gasteiger partial charge is 0.125 e. The van der Waals surface area contributed by atoms with E-state index in [2.05, 4.69) is 18.0 Å². The summed E-state index contributed by atoms with van der Waals surface area (Å²) >= 11 is 0. The summed E-state index contributed by atoms with van der Waals surface area (Å²) in [6.45, 7) is 2.07. The van der Waals surface area contributed by atoms with Crippen molar-refractivity contribution < 1.29 is 5.11 Å². The Morgan fingerprint density at radius 3 is 2.45 bits per heavy atom. The Balaban J connectivity index is 2.07. The van der Waals surface area contributed by atoms with Crippen LogP contribution in [0.15, 0.2) is 60.8 Å². The fraction of sp³-hybridized carbons (Fsp3) is 0.0526. The third-order valence-electron chi connectivity index (χ3n) is 3.95. The quantitative estimate of drug-likeness (QED) is 0.525. The van der Waals surface area contributed by atoms with Crippen LogP contribution in [-0.4, -0.2) is 15.1 Å². The number of phenols is 1. The van der Waals surface area contributed by atoms with Crippen LogP contribution in [0.25, 0.3) is 33.1 Å². The molecule has 0 atom stereocenters. The van der Waals surface area contributed by atoms with Gasteiger partial charge < -0.3 is 5.11 Å². The largest absolute Gasteiger partial charge is 0.507 e. The molecule has 1 N–H and O–H groups in total. The topological polar surface area (TPSA) is 46.0 Å². The van der Waals surface area contributed by atoms with E-state index in [9.17, 15) is 5.11 Å². The van der Waals surface area contributed by atoms with E-state index in [4.69, 9.17) is 4.98 Å². The second-order valence-corrected chi connectivity index (χ2v) is 5.38. The monoisotopic (exact) mass is 286 g/mol. The van der Waals surface area contributed by atoms with Gasteiger partial charge in [0.25, 0.3) is 0 Å². The first-order valence-electron chi connectivity index (χ1n) is 7.17. The van der Waals surface area contributed by atoms with Gasteiger partial charge in [0.1, 0.15) is 5.75 Å². The lowest BCUT2D eigenvalue weighted by Gasteiger charge is -2.08. The number of aromatic nitrogens is 2. The van der Waals surface area contributed by atoms with Crippen molar-refractivity contribution in [3.63, 3.8) is 0 Å². The molecule has 22 heavy (non-hydrogen) atoms. The highest BCUT2D eigenvalue weighted by atomic mass is 16.3. The number of nitrogens with zero attached hydrogens (tertiary/aromatic N) is 2. The van der Waals surface area contributed by atoms with Gasteiger partial charge in [-0.3, -0.25) is 4.98 Å². The Labute approximate surface area is 127 Å². The van der Waals surface area contributed by atoms with Crippen LogP contribution in [-0.2, 0) is 0 Å². The Kier molecular flexibility index (Phi) is 2.79.